The highest BCUT2D eigenvalue weighted by molar-refractivity contribution is 6.01. The van der Waals surface area contributed by atoms with E-state index in [1.54, 1.807) is 7.05 Å². The predicted molar refractivity (Wildman–Crippen MR) is 47.6 cm³/mol. The van der Waals surface area contributed by atoms with Crippen LogP contribution in [0.5, 0.6) is 0 Å². The van der Waals surface area contributed by atoms with Gasteiger partial charge in [0.1, 0.15) is 11.0 Å². The molecule has 0 aromatic carbocycles. The SMILES string of the molecule is Cn1cnc2c(C(N)=O)n[nH]c(=O)c21. The molecule has 7 heteroatoms. The number of nitrogens with one attached hydrogen (secondary N) is 1. The molecule has 0 radical (unpaired) electrons. The van der Waals surface area contributed by atoms with E-state index >= 15 is 0 Å². The number of carbonyl (C=O) groups is 1. The molecular weight excluding hydrogens is 186 g/mol. The predicted octanol–water partition coefficient (Wildman–Crippen LogP) is -1.24. The molecular formula is C7H7N5O2. The van der Waals surface area contributed by atoms with Gasteiger partial charge in [0, 0.05) is 7.05 Å². The van der Waals surface area contributed by atoms with E-state index in [0.717, 1.165) is 0 Å². The Bertz CT molecular complexity index is 567. The molecule has 1 amide bonds. The zero-order valence-corrected chi connectivity index (χ0v) is 7.31. The Morgan fingerprint density at radius 3 is 3.00 bits per heavy atom. The third kappa shape index (κ3) is 0.987. The van der Waals surface area contributed by atoms with E-state index in [-0.39, 0.29) is 16.7 Å². The molecule has 0 bridgehead atoms. The normalized spacial score (nSPS) is 10.6. The number of primary amides is 1. The quantitative estimate of drug-likeness (QED) is 0.590. The van der Waals surface area contributed by atoms with E-state index in [1.165, 1.54) is 10.9 Å². The van der Waals surface area contributed by atoms with Gasteiger partial charge in [0.25, 0.3) is 11.5 Å². The molecule has 14 heavy (non-hydrogen) atoms. The number of amides is 1. The van der Waals surface area contributed by atoms with Gasteiger partial charge in [0.2, 0.25) is 0 Å². The van der Waals surface area contributed by atoms with E-state index in [1.807, 2.05) is 0 Å². The molecule has 0 aliphatic carbocycles. The molecule has 72 valence electrons. The topological polar surface area (TPSA) is 107 Å². The fraction of sp³-hybridized carbons (Fsp3) is 0.143. The first-order valence-electron chi connectivity index (χ1n) is 3.80. The van der Waals surface area contributed by atoms with Crippen molar-refractivity contribution in [2.75, 3.05) is 0 Å². The zero-order chi connectivity index (χ0) is 10.3. The maximum Gasteiger partial charge on any atom is 0.290 e. The third-order valence-corrected chi connectivity index (χ3v) is 1.88. The van der Waals surface area contributed by atoms with Crippen molar-refractivity contribution < 1.29 is 4.79 Å². The van der Waals surface area contributed by atoms with E-state index in [2.05, 4.69) is 15.2 Å². The number of carbonyl (C=O) groups excluding carboxylic acids is 1. The van der Waals surface area contributed by atoms with Gasteiger partial charge in [0.15, 0.2) is 5.69 Å². The Labute approximate surface area is 77.6 Å². The summed E-state index contributed by atoms with van der Waals surface area (Å²) in [5.74, 6) is -0.718. The second kappa shape index (κ2) is 2.66. The van der Waals surface area contributed by atoms with Crippen LogP contribution >= 0.6 is 0 Å². The number of rotatable bonds is 1. The molecule has 7 nitrogen and oxygen atoms in total. The largest absolute Gasteiger partial charge is 0.364 e. The molecule has 3 N–H and O–H groups in total. The van der Waals surface area contributed by atoms with Crippen LogP contribution in [0.4, 0.5) is 0 Å². The van der Waals surface area contributed by atoms with E-state index in [4.69, 9.17) is 5.73 Å². The summed E-state index contributed by atoms with van der Waals surface area (Å²) in [7, 11) is 1.65. The van der Waals surface area contributed by atoms with Gasteiger partial charge >= 0.3 is 0 Å². The molecule has 2 heterocycles. The fourth-order valence-corrected chi connectivity index (χ4v) is 1.26. The first kappa shape index (κ1) is 8.42. The monoisotopic (exact) mass is 193 g/mol. The lowest BCUT2D eigenvalue weighted by atomic mass is 10.3. The fourth-order valence-electron chi connectivity index (χ4n) is 1.26. The Balaban J connectivity index is 2.98. The molecule has 0 fully saturated rings. The molecule has 2 rings (SSSR count). The number of hydrogen-bond donors (Lipinski definition) is 2. The maximum atomic E-state index is 11.3. The van der Waals surface area contributed by atoms with Crippen molar-refractivity contribution in [3.63, 3.8) is 0 Å². The molecule has 2 aromatic rings. The van der Waals surface area contributed by atoms with Gasteiger partial charge in [-0.1, -0.05) is 0 Å². The lowest BCUT2D eigenvalue weighted by Crippen LogP contribution is -2.20. The van der Waals surface area contributed by atoms with Crippen molar-refractivity contribution in [1.29, 1.82) is 0 Å². The number of fused-ring (bicyclic) bond motifs is 1. The van der Waals surface area contributed by atoms with Gasteiger partial charge in [-0.3, -0.25) is 9.59 Å². The van der Waals surface area contributed by atoms with Gasteiger partial charge in [-0.25, -0.2) is 10.1 Å². The zero-order valence-electron chi connectivity index (χ0n) is 7.31. The molecule has 0 saturated heterocycles. The average molecular weight is 193 g/mol. The number of imidazole rings is 1. The molecule has 0 atom stereocenters. The summed E-state index contributed by atoms with van der Waals surface area (Å²) in [5, 5.41) is 5.72. The van der Waals surface area contributed by atoms with E-state index in [9.17, 15) is 9.59 Å². The van der Waals surface area contributed by atoms with Crippen molar-refractivity contribution in [3.05, 3.63) is 22.4 Å². The number of aryl methyl sites for hydroxylation is 1. The smallest absolute Gasteiger partial charge is 0.290 e. The molecule has 0 saturated carbocycles. The summed E-state index contributed by atoms with van der Waals surface area (Å²) in [6, 6.07) is 0. The van der Waals surface area contributed by atoms with Crippen molar-refractivity contribution >= 4 is 16.9 Å². The Morgan fingerprint density at radius 2 is 2.36 bits per heavy atom. The lowest BCUT2D eigenvalue weighted by molar-refractivity contribution is 0.0996. The summed E-state index contributed by atoms with van der Waals surface area (Å²) in [5.41, 5.74) is 5.15. The Morgan fingerprint density at radius 1 is 1.64 bits per heavy atom. The average Bonchev–Trinajstić information content (AvgIpc) is 2.49. The van der Waals surface area contributed by atoms with Gasteiger partial charge in [0.05, 0.1) is 6.33 Å². The number of H-pyrrole nitrogens is 1. The first-order valence-corrected chi connectivity index (χ1v) is 3.80. The van der Waals surface area contributed by atoms with Crippen molar-refractivity contribution in [3.8, 4) is 0 Å². The maximum absolute atomic E-state index is 11.3. The highest BCUT2D eigenvalue weighted by Crippen LogP contribution is 2.08. The third-order valence-electron chi connectivity index (χ3n) is 1.88. The number of nitrogens with zero attached hydrogens (tertiary/aromatic N) is 3. The van der Waals surface area contributed by atoms with Crippen LogP contribution in [0.3, 0.4) is 0 Å². The van der Waals surface area contributed by atoms with Crippen LogP contribution in [-0.4, -0.2) is 25.7 Å². The Kier molecular flexibility index (Phi) is 1.60. The Hall–Kier alpha value is -2.18. The minimum atomic E-state index is -0.718. The molecule has 0 spiro atoms. The van der Waals surface area contributed by atoms with Crippen LogP contribution in [0.1, 0.15) is 10.5 Å². The number of aromatic nitrogens is 4. The van der Waals surface area contributed by atoms with Gasteiger partial charge < -0.3 is 10.3 Å². The minimum Gasteiger partial charge on any atom is -0.364 e. The van der Waals surface area contributed by atoms with Crippen LogP contribution < -0.4 is 11.3 Å². The van der Waals surface area contributed by atoms with Crippen LogP contribution in [0, 0.1) is 0 Å². The van der Waals surface area contributed by atoms with E-state index < -0.39 is 11.5 Å². The molecule has 0 aliphatic heterocycles. The van der Waals surface area contributed by atoms with Gasteiger partial charge in [-0.15, -0.1) is 0 Å². The molecule has 2 aromatic heterocycles. The highest BCUT2D eigenvalue weighted by atomic mass is 16.1. The standard InChI is InChI=1S/C7H7N5O2/c1-12-2-9-3-4(6(8)13)10-11-7(14)5(3)12/h2H,1H3,(H2,8,13)(H,11,14). The number of nitrogens with two attached hydrogens (primary N) is 1. The summed E-state index contributed by atoms with van der Waals surface area (Å²) in [4.78, 5) is 26.1. The summed E-state index contributed by atoms with van der Waals surface area (Å²) >= 11 is 0. The van der Waals surface area contributed by atoms with Gasteiger partial charge in [-0.2, -0.15) is 5.10 Å². The van der Waals surface area contributed by atoms with Gasteiger partial charge in [-0.05, 0) is 0 Å². The second-order valence-electron chi connectivity index (χ2n) is 2.82. The molecule has 0 aliphatic rings. The highest BCUT2D eigenvalue weighted by Gasteiger charge is 2.14. The van der Waals surface area contributed by atoms with Crippen LogP contribution in [0.15, 0.2) is 11.1 Å². The van der Waals surface area contributed by atoms with Crippen molar-refractivity contribution in [2.24, 2.45) is 12.8 Å². The van der Waals surface area contributed by atoms with Crippen molar-refractivity contribution in [2.45, 2.75) is 0 Å². The number of aromatic amines is 1. The number of hydrogen-bond acceptors (Lipinski definition) is 4. The first-order chi connectivity index (χ1) is 6.61. The summed E-state index contributed by atoms with van der Waals surface area (Å²) < 4.78 is 1.50. The summed E-state index contributed by atoms with van der Waals surface area (Å²) in [6.45, 7) is 0. The molecule has 0 unspecified atom stereocenters. The minimum absolute atomic E-state index is 0.0276. The van der Waals surface area contributed by atoms with Crippen molar-refractivity contribution in [1.82, 2.24) is 19.7 Å². The van der Waals surface area contributed by atoms with Crippen LogP contribution in [0.25, 0.3) is 11.0 Å². The lowest BCUT2D eigenvalue weighted by Gasteiger charge is -1.95. The second-order valence-corrected chi connectivity index (χ2v) is 2.82. The van der Waals surface area contributed by atoms with Crippen LogP contribution in [0.2, 0.25) is 0 Å². The van der Waals surface area contributed by atoms with Crippen LogP contribution in [-0.2, 0) is 7.05 Å². The summed E-state index contributed by atoms with van der Waals surface area (Å²) in [6.07, 6.45) is 1.42. The van der Waals surface area contributed by atoms with E-state index in [0.29, 0.717) is 0 Å².